The van der Waals surface area contributed by atoms with Crippen LogP contribution in [0.1, 0.15) is 285 Å². The van der Waals surface area contributed by atoms with E-state index in [9.17, 15) is 28.8 Å². The highest BCUT2D eigenvalue weighted by Gasteiger charge is 2.54. The molecule has 0 radical (unpaired) electrons. The second-order valence-electron chi connectivity index (χ2n) is 26.9. The van der Waals surface area contributed by atoms with E-state index in [1.165, 1.54) is 94.9 Å². The molecule has 0 bridgehead atoms. The molecule has 0 aromatic carbocycles. The van der Waals surface area contributed by atoms with Gasteiger partial charge >= 0.3 is 20.1 Å². The quantitative estimate of drug-likeness (QED) is 0.0189. The zero-order valence-electron chi connectivity index (χ0n) is 63.4. The van der Waals surface area contributed by atoms with Gasteiger partial charge in [-0.2, -0.15) is 0 Å². The number of aliphatic hydroxyl groups is 1. The largest absolute Gasteiger partial charge is 0.509 e. The third-order valence-corrected chi connectivity index (χ3v) is 19.5. The average molecular weight is 1450 g/mol. The molecule has 0 saturated carbocycles. The average Bonchev–Trinajstić information content (AvgIpc) is 0.784. The minimum atomic E-state index is -4.58. The van der Waals surface area contributed by atoms with E-state index < -0.39 is 107 Å². The van der Waals surface area contributed by atoms with Gasteiger partial charge in [0.1, 0.15) is 68.3 Å². The smallest absolute Gasteiger partial charge is 0.431 e. The highest BCUT2D eigenvalue weighted by Crippen LogP contribution is 2.53. The molecule has 0 aromatic heterocycles. The Morgan fingerprint density at radius 2 is 0.931 bits per heavy atom. The van der Waals surface area contributed by atoms with Gasteiger partial charge in [-0.15, -0.1) is 13.2 Å². The van der Waals surface area contributed by atoms with Crippen molar-refractivity contribution in [1.29, 1.82) is 0 Å². The molecule has 586 valence electrons. The molecule has 0 aliphatic carbocycles. The molecular weight excluding hydrogens is 1310 g/mol. The first-order valence-corrected chi connectivity index (χ1v) is 40.8. The number of carbonyl (C=O) groups excluding carboxylic acids is 4. The molecule has 2 heterocycles. The molecule has 0 spiro atoms. The Bertz CT molecular complexity index is 2170. The minimum absolute atomic E-state index is 0.0662. The molecule has 2 saturated heterocycles. The standard InChI is InChI=1S/C79H140NO20P/c1-10-18-22-26-29-32-33-34-35-36-37-38-40-43-47-51-60-89-75-74(90-61-54-66(87-9)53-49-44-25-21-13-4)72(100-101(86,95-57-16-7)96-58-17-8)68(64-94-78(84)91-55-14-5)98-77(75)93-63-67-71(99-79(85)92-56-15-6)73(88-59-50-46-42-31-28-24-20-12-3)70(76(83)97-67)80-69(82)62-65(81)52-48-45-41-39-30-27-23-19-11-2/h14-17,32-33,66-68,70-77,83H,5-8,10-13,18-31,34-64H2,1-4,9H3,(H,80,82)/b33-32-/t66-,67-,68-,70-,71-,72-,73-,74+,75-,76+,77-/m1/s1. The number of aliphatic hydroxyl groups excluding tert-OH is 1. The highest BCUT2D eigenvalue weighted by atomic mass is 31.2. The van der Waals surface area contributed by atoms with E-state index in [0.29, 0.717) is 25.7 Å². The second kappa shape index (κ2) is 63.4. The fourth-order valence-electron chi connectivity index (χ4n) is 12.4. The number of rotatable bonds is 69. The lowest BCUT2D eigenvalue weighted by molar-refractivity contribution is -0.329. The number of phosphoric acid groups is 1. The van der Waals surface area contributed by atoms with Gasteiger partial charge < -0.3 is 62.5 Å². The van der Waals surface area contributed by atoms with Crippen molar-refractivity contribution in [3.63, 3.8) is 0 Å². The van der Waals surface area contributed by atoms with Gasteiger partial charge in [0.25, 0.3) is 0 Å². The van der Waals surface area contributed by atoms with Crippen molar-refractivity contribution in [2.45, 2.75) is 352 Å². The van der Waals surface area contributed by atoms with Crippen LogP contribution in [0.4, 0.5) is 9.59 Å². The molecule has 21 nitrogen and oxygen atoms in total. The van der Waals surface area contributed by atoms with Gasteiger partial charge in [0, 0.05) is 33.4 Å². The number of hydrogen-bond donors (Lipinski definition) is 2. The van der Waals surface area contributed by atoms with Crippen molar-refractivity contribution in [2.75, 3.05) is 66.6 Å². The maximum Gasteiger partial charge on any atom is 0.509 e. The van der Waals surface area contributed by atoms with E-state index in [1.807, 2.05) is 0 Å². The number of amides is 1. The highest BCUT2D eigenvalue weighted by molar-refractivity contribution is 7.48. The first kappa shape index (κ1) is 93.3. The van der Waals surface area contributed by atoms with Crippen LogP contribution in [-0.4, -0.2) is 163 Å². The van der Waals surface area contributed by atoms with Crippen molar-refractivity contribution in [1.82, 2.24) is 5.32 Å². The van der Waals surface area contributed by atoms with Gasteiger partial charge in [-0.25, -0.2) is 14.2 Å². The normalized spacial score (nSPS) is 21.0. The van der Waals surface area contributed by atoms with E-state index in [1.54, 1.807) is 7.11 Å². The Balaban J connectivity index is 2.73. The Morgan fingerprint density at radius 1 is 0.475 bits per heavy atom. The van der Waals surface area contributed by atoms with Gasteiger partial charge in [-0.05, 0) is 57.8 Å². The number of methoxy groups -OCH3 is 1. The molecule has 1 amide bonds. The van der Waals surface area contributed by atoms with Crippen LogP contribution in [0, 0.1) is 0 Å². The van der Waals surface area contributed by atoms with E-state index in [0.717, 1.165) is 148 Å². The Kier molecular flexibility index (Phi) is 58.6. The van der Waals surface area contributed by atoms with Crippen LogP contribution in [0.15, 0.2) is 62.8 Å². The molecule has 2 fully saturated rings. The summed E-state index contributed by atoms with van der Waals surface area (Å²) in [4.78, 5) is 54.2. The molecule has 11 atom stereocenters. The summed E-state index contributed by atoms with van der Waals surface area (Å²) < 4.78 is 102. The predicted molar refractivity (Wildman–Crippen MR) is 398 cm³/mol. The molecule has 2 N–H and O–H groups in total. The van der Waals surface area contributed by atoms with Crippen molar-refractivity contribution < 1.29 is 94.5 Å². The monoisotopic (exact) mass is 1450 g/mol. The molecular formula is C79H140NO20P. The van der Waals surface area contributed by atoms with Gasteiger partial charge in [0.15, 0.2) is 18.7 Å². The lowest BCUT2D eigenvalue weighted by Crippen LogP contribution is -2.66. The molecule has 2 aliphatic rings. The summed E-state index contributed by atoms with van der Waals surface area (Å²) in [6, 6.07) is -1.35. The third kappa shape index (κ3) is 45.3. The summed E-state index contributed by atoms with van der Waals surface area (Å²) in [6.45, 7) is 22.0. The van der Waals surface area contributed by atoms with Crippen LogP contribution in [-0.2, 0) is 79.8 Å². The zero-order valence-corrected chi connectivity index (χ0v) is 64.3. The topological polar surface area (TPSA) is 247 Å². The number of hydrogen-bond acceptors (Lipinski definition) is 20. The fourth-order valence-corrected chi connectivity index (χ4v) is 13.7. The van der Waals surface area contributed by atoms with Crippen molar-refractivity contribution >= 4 is 31.8 Å². The first-order chi connectivity index (χ1) is 49.3. The number of carbonyl (C=O) groups is 4. The van der Waals surface area contributed by atoms with Crippen LogP contribution in [0.3, 0.4) is 0 Å². The summed E-state index contributed by atoms with van der Waals surface area (Å²) in [5.74, 6) is -0.917. The number of unbranched alkanes of at least 4 members (excludes halogenated alkanes) is 31. The van der Waals surface area contributed by atoms with Gasteiger partial charge in [0.2, 0.25) is 5.91 Å². The third-order valence-electron chi connectivity index (χ3n) is 18.1. The van der Waals surface area contributed by atoms with Crippen LogP contribution < -0.4 is 5.32 Å². The van der Waals surface area contributed by atoms with Gasteiger partial charge in [0.05, 0.1) is 32.3 Å². The van der Waals surface area contributed by atoms with E-state index in [4.69, 9.17) is 65.7 Å². The number of phosphoric ester groups is 1. The van der Waals surface area contributed by atoms with Crippen molar-refractivity contribution in [2.24, 2.45) is 0 Å². The summed E-state index contributed by atoms with van der Waals surface area (Å²) in [6.07, 6.45) is 34.6. The number of ketones is 1. The van der Waals surface area contributed by atoms with Gasteiger partial charge in [-0.1, -0.05) is 264 Å². The van der Waals surface area contributed by atoms with Crippen LogP contribution >= 0.6 is 7.82 Å². The SMILES string of the molecule is C=CCOC(=O)OC[C@H]1O[C@@H](OC[C@H]2O[C@H](O)[C@H](NC(=O)CC(=O)CCCCCCCCCCC)[C@@H](OCCCCCCCCCC)[C@@H]2OC(=O)OCC=C)[C@H](OCCCCCCCCCC/C=C\CCCCCC)[C@@H](OCC[C@@H](CCCCCCC)OC)[C@@H]1OP(=O)(OCC=C)OCC=C. The zero-order chi connectivity index (χ0) is 73.7. The van der Waals surface area contributed by atoms with E-state index in [2.05, 4.69) is 71.5 Å². The Labute approximate surface area is 610 Å². The lowest BCUT2D eigenvalue weighted by atomic mass is 9.95. The fraction of sp³-hybridized carbons (Fsp3) is 0.823. The predicted octanol–water partition coefficient (Wildman–Crippen LogP) is 18.9. The number of ether oxygens (including phenoxy) is 11. The number of Topliss-reactive ketones (excluding diaryl/α,β-unsaturated/α-hetero) is 1. The molecule has 22 heteroatoms. The van der Waals surface area contributed by atoms with Gasteiger partial charge in [-0.3, -0.25) is 23.2 Å². The number of allylic oxidation sites excluding steroid dienone is 2. The molecule has 2 rings (SSSR count). The molecule has 0 unspecified atom stereocenters. The lowest BCUT2D eigenvalue weighted by Gasteiger charge is -2.47. The summed E-state index contributed by atoms with van der Waals surface area (Å²) in [5, 5.41) is 14.9. The minimum Gasteiger partial charge on any atom is -0.431 e. The first-order valence-electron chi connectivity index (χ1n) is 39.4. The molecule has 2 aliphatic heterocycles. The van der Waals surface area contributed by atoms with Crippen LogP contribution in [0.25, 0.3) is 0 Å². The summed E-state index contributed by atoms with van der Waals surface area (Å²) in [5.41, 5.74) is 0. The van der Waals surface area contributed by atoms with Crippen molar-refractivity contribution in [3.8, 4) is 0 Å². The second-order valence-corrected chi connectivity index (χ2v) is 28.5. The van der Waals surface area contributed by atoms with E-state index >= 15 is 0 Å². The molecule has 0 aromatic rings. The Morgan fingerprint density at radius 3 is 1.46 bits per heavy atom. The number of nitrogens with one attached hydrogen (secondary N) is 1. The molecule has 101 heavy (non-hydrogen) atoms. The maximum absolute atomic E-state index is 14.9. The Hall–Kier alpha value is -3.83. The van der Waals surface area contributed by atoms with Crippen LogP contribution in [0.2, 0.25) is 0 Å². The van der Waals surface area contributed by atoms with Crippen LogP contribution in [0.5, 0.6) is 0 Å². The summed E-state index contributed by atoms with van der Waals surface area (Å²) in [7, 11) is -2.92. The maximum atomic E-state index is 14.9. The van der Waals surface area contributed by atoms with Crippen molar-refractivity contribution in [3.05, 3.63) is 62.8 Å². The van der Waals surface area contributed by atoms with E-state index in [-0.39, 0.29) is 64.6 Å². The summed E-state index contributed by atoms with van der Waals surface area (Å²) >= 11 is 0.